The van der Waals surface area contributed by atoms with Gasteiger partial charge >= 0.3 is 18.9 Å². The summed E-state index contributed by atoms with van der Waals surface area (Å²) in [6.07, 6.45) is 12.6. The standard InChI is InChI=1S/C23H17ClFN5O2S.C22H15ClFN5O2S.Li.H2O/c1-30-20-12-27-19(15-3-2-8-26-10-15)9-17(20)22-21(18(25)11-28-23(22)30)14-4-6-16(7-5-14)29-33(31,32)13-24;23-12-32(30,31)29-15-5-3-13(4-6-15)20-17(24)10-27-22-21(20)16-8-18(26-11-19(16)28-22)14-2-1-7-25-9-14;;/h2-12,29H,13H2,1H3;1-11,29H,12H2,(H,27,28);;1H2/q;;+1;/p-1. The third-order valence-electron chi connectivity index (χ3n) is 10.4. The van der Waals surface area contributed by atoms with Gasteiger partial charge in [-0.2, -0.15) is 0 Å². The molecule has 0 aliphatic heterocycles. The van der Waals surface area contributed by atoms with Crippen LogP contribution in [-0.2, 0) is 27.1 Å². The SMILES string of the molecule is Cn1c2cnc(-c3cccnc3)cc2c2c(-c3ccc(NS(=O)(=O)CCl)cc3)c(F)cnc21.O=S(=O)(CCl)Nc1ccc(-c2c(F)cnc3[nH]c4cnc(-c5cccnc5)cc4c23)cc1.[Li+].[OH-]. The van der Waals surface area contributed by atoms with Crippen molar-refractivity contribution in [3.8, 4) is 44.8 Å². The van der Waals surface area contributed by atoms with E-state index >= 15 is 8.78 Å². The van der Waals surface area contributed by atoms with Gasteiger partial charge in [0, 0.05) is 87.0 Å². The number of pyridine rings is 6. The summed E-state index contributed by atoms with van der Waals surface area (Å²) in [5.74, 6) is -0.976. The van der Waals surface area contributed by atoms with E-state index in [2.05, 4.69) is 44.3 Å². The molecule has 4 N–H and O–H groups in total. The van der Waals surface area contributed by atoms with Gasteiger partial charge < -0.3 is 15.0 Å². The topological polar surface area (TPSA) is 220 Å². The first-order valence-electron chi connectivity index (χ1n) is 19.4. The van der Waals surface area contributed by atoms with E-state index in [0.717, 1.165) is 39.1 Å². The molecule has 0 bridgehead atoms. The monoisotopic (exact) mass is 972 g/mol. The summed E-state index contributed by atoms with van der Waals surface area (Å²) in [5, 5.41) is 1.71. The van der Waals surface area contributed by atoms with Gasteiger partial charge in [0.1, 0.15) is 33.4 Å². The normalized spacial score (nSPS) is 11.5. The fourth-order valence-electron chi connectivity index (χ4n) is 7.48. The third-order valence-corrected chi connectivity index (χ3v) is 13.8. The number of aromatic amines is 1. The minimum absolute atomic E-state index is 0. The summed E-state index contributed by atoms with van der Waals surface area (Å²) in [6, 6.07) is 24.1. The minimum atomic E-state index is -3.63. The Morgan fingerprint density at radius 3 is 1.61 bits per heavy atom. The zero-order chi connectivity index (χ0) is 45.5. The van der Waals surface area contributed by atoms with Crippen LogP contribution >= 0.6 is 23.2 Å². The number of nitrogens with one attached hydrogen (secondary N) is 3. The Hall–Kier alpha value is -6.56. The van der Waals surface area contributed by atoms with Crippen molar-refractivity contribution in [1.82, 2.24) is 39.5 Å². The van der Waals surface area contributed by atoms with Gasteiger partial charge in [-0.15, -0.1) is 23.2 Å². The third kappa shape index (κ3) is 9.80. The van der Waals surface area contributed by atoms with Gasteiger partial charge in [-0.05, 0) is 71.8 Å². The summed E-state index contributed by atoms with van der Waals surface area (Å²) >= 11 is 10.9. The van der Waals surface area contributed by atoms with Crippen LogP contribution in [0.2, 0.25) is 0 Å². The van der Waals surface area contributed by atoms with E-state index in [-0.39, 0.29) is 24.3 Å². The smallest absolute Gasteiger partial charge is 0.870 e. The van der Waals surface area contributed by atoms with Crippen LogP contribution in [0.5, 0.6) is 0 Å². The molecule has 0 unspecified atom stereocenters. The zero-order valence-corrected chi connectivity index (χ0v) is 38.3. The van der Waals surface area contributed by atoms with Gasteiger partial charge in [0.05, 0.1) is 47.2 Å². The van der Waals surface area contributed by atoms with Crippen molar-refractivity contribution >= 4 is 98.5 Å². The number of halogens is 4. The zero-order valence-electron chi connectivity index (χ0n) is 35.2. The molecule has 22 heteroatoms. The number of hydrogen-bond donors (Lipinski definition) is 3. The molecule has 0 fully saturated rings. The predicted octanol–water partition coefficient (Wildman–Crippen LogP) is 6.67. The first-order valence-corrected chi connectivity index (χ1v) is 23.7. The quantitative estimate of drug-likeness (QED) is 0.0970. The molecule has 67 heavy (non-hydrogen) atoms. The maximum Gasteiger partial charge on any atom is 1.00 e. The molecule has 10 aromatic rings. The van der Waals surface area contributed by atoms with Crippen molar-refractivity contribution in [2.75, 3.05) is 19.9 Å². The first kappa shape index (κ1) is 48.4. The van der Waals surface area contributed by atoms with Gasteiger partial charge in [-0.1, -0.05) is 24.3 Å². The molecule has 8 heterocycles. The van der Waals surface area contributed by atoms with Gasteiger partial charge in [0.2, 0.25) is 20.0 Å². The molecule has 0 saturated heterocycles. The van der Waals surface area contributed by atoms with Crippen LogP contribution in [-0.4, -0.2) is 72.2 Å². The number of nitrogens with zero attached hydrogens (tertiary/aromatic N) is 7. The summed E-state index contributed by atoms with van der Waals surface area (Å²) in [7, 11) is -5.41. The Morgan fingerprint density at radius 1 is 0.612 bits per heavy atom. The number of benzene rings is 2. The second kappa shape index (κ2) is 19.7. The van der Waals surface area contributed by atoms with E-state index in [1.165, 1.54) is 6.20 Å². The van der Waals surface area contributed by atoms with Gasteiger partial charge in [-0.3, -0.25) is 29.4 Å². The molecule has 0 aliphatic carbocycles. The second-order valence-electron chi connectivity index (χ2n) is 14.6. The van der Waals surface area contributed by atoms with Gasteiger partial charge in [0.15, 0.2) is 0 Å². The molecular weight excluding hydrogens is 941 g/mol. The minimum Gasteiger partial charge on any atom is -0.870 e. The van der Waals surface area contributed by atoms with Crippen LogP contribution in [0, 0.1) is 11.6 Å². The maximum absolute atomic E-state index is 15.2. The van der Waals surface area contributed by atoms with Crippen LogP contribution in [0.4, 0.5) is 20.2 Å². The molecule has 15 nitrogen and oxygen atoms in total. The first-order chi connectivity index (χ1) is 31.3. The molecule has 8 aromatic heterocycles. The molecule has 0 amide bonds. The van der Waals surface area contributed by atoms with Gasteiger partial charge in [0.25, 0.3) is 0 Å². The van der Waals surface area contributed by atoms with Crippen molar-refractivity contribution in [2.24, 2.45) is 7.05 Å². The second-order valence-corrected chi connectivity index (χ2v) is 19.2. The Balaban J connectivity index is 0.000000193. The number of sulfonamides is 2. The van der Waals surface area contributed by atoms with Crippen LogP contribution in [0.1, 0.15) is 0 Å². The fourth-order valence-corrected chi connectivity index (χ4v) is 8.91. The molecule has 0 spiro atoms. The number of aryl methyl sites for hydroxylation is 1. The maximum atomic E-state index is 15.2. The van der Waals surface area contributed by atoms with E-state index in [9.17, 15) is 16.8 Å². The average Bonchev–Trinajstić information content (AvgIpc) is 3.84. The van der Waals surface area contributed by atoms with Crippen molar-refractivity contribution in [3.63, 3.8) is 0 Å². The van der Waals surface area contributed by atoms with E-state index in [1.54, 1.807) is 85.7 Å². The van der Waals surface area contributed by atoms with Crippen molar-refractivity contribution in [1.29, 1.82) is 0 Å². The van der Waals surface area contributed by atoms with Crippen LogP contribution in [0.25, 0.3) is 88.6 Å². The molecule has 0 aliphatic rings. The summed E-state index contributed by atoms with van der Waals surface area (Å²) < 4.78 is 83.6. The summed E-state index contributed by atoms with van der Waals surface area (Å²) in [6.45, 7) is 0. The average molecular weight is 974 g/mol. The number of aromatic nitrogens is 8. The number of anilines is 2. The number of H-pyrrole nitrogens is 1. The van der Waals surface area contributed by atoms with Crippen LogP contribution in [0.3, 0.4) is 0 Å². The van der Waals surface area contributed by atoms with Gasteiger partial charge in [-0.25, -0.2) is 35.6 Å². The molecule has 0 atom stereocenters. The van der Waals surface area contributed by atoms with E-state index in [1.807, 2.05) is 48.0 Å². The molecule has 0 saturated carbocycles. The number of rotatable bonds is 10. The molecule has 2 aromatic carbocycles. The molecule has 10 rings (SSSR count). The Bertz CT molecular complexity index is 3650. The van der Waals surface area contributed by atoms with Crippen LogP contribution in [0.15, 0.2) is 135 Å². The van der Waals surface area contributed by atoms with E-state index < -0.39 is 42.1 Å². The summed E-state index contributed by atoms with van der Waals surface area (Å²) in [4.78, 5) is 29.0. The number of hydrogen-bond acceptors (Lipinski definition) is 11. The predicted molar refractivity (Wildman–Crippen MR) is 253 cm³/mol. The van der Waals surface area contributed by atoms with Crippen molar-refractivity contribution in [2.45, 2.75) is 0 Å². The Kier molecular flexibility index (Phi) is 14.2. The Morgan fingerprint density at radius 2 is 1.10 bits per heavy atom. The van der Waals surface area contributed by atoms with Crippen molar-refractivity contribution in [3.05, 3.63) is 146 Å². The van der Waals surface area contributed by atoms with E-state index in [4.69, 9.17) is 23.2 Å². The Labute approximate surface area is 403 Å². The number of fused-ring (bicyclic) bond motifs is 6. The van der Waals surface area contributed by atoms with Crippen LogP contribution < -0.4 is 28.3 Å². The molecule has 334 valence electrons. The molecule has 0 radical (unpaired) electrons. The molecular formula is C45H33Cl2F2LiN10O5S2. The summed E-state index contributed by atoms with van der Waals surface area (Å²) in [5.41, 5.74) is 8.32. The van der Waals surface area contributed by atoms with E-state index in [0.29, 0.717) is 67.1 Å². The van der Waals surface area contributed by atoms with Crippen molar-refractivity contribution < 1.29 is 50.0 Å². The largest absolute Gasteiger partial charge is 1.00 e. The number of alkyl halides is 2. The fraction of sp³-hybridized carbons (Fsp3) is 0.0667.